The van der Waals surface area contributed by atoms with E-state index in [1.165, 1.54) is 0 Å². The predicted molar refractivity (Wildman–Crippen MR) is 118 cm³/mol. The lowest BCUT2D eigenvalue weighted by atomic mass is 10.1. The van der Waals surface area contributed by atoms with Crippen LogP contribution in [0.15, 0.2) is 70.3 Å². The SMILES string of the molecule is CCOc1ccc(-n2c3nc(=O)[nH]c(=O)c-3cc3c(C)nn(-c4ccccc4)c32)cc1. The Bertz CT molecular complexity index is 1480. The Kier molecular flexibility index (Phi) is 4.39. The molecule has 2 aliphatic rings. The van der Waals surface area contributed by atoms with Gasteiger partial charge in [-0.2, -0.15) is 10.1 Å². The van der Waals surface area contributed by atoms with Crippen molar-refractivity contribution in [1.29, 1.82) is 0 Å². The molecule has 0 atom stereocenters. The van der Waals surface area contributed by atoms with Crippen molar-refractivity contribution in [3.63, 3.8) is 0 Å². The van der Waals surface area contributed by atoms with E-state index >= 15 is 0 Å². The zero-order valence-electron chi connectivity index (χ0n) is 17.0. The summed E-state index contributed by atoms with van der Waals surface area (Å²) >= 11 is 0. The number of H-pyrrole nitrogens is 1. The number of para-hydroxylation sites is 1. The Morgan fingerprint density at radius 2 is 1.74 bits per heavy atom. The number of aromatic amines is 1. The molecule has 0 spiro atoms. The van der Waals surface area contributed by atoms with Crippen molar-refractivity contribution >= 4 is 11.0 Å². The lowest BCUT2D eigenvalue weighted by molar-refractivity contribution is 0.340. The summed E-state index contributed by atoms with van der Waals surface area (Å²) in [7, 11) is 0. The van der Waals surface area contributed by atoms with Gasteiger partial charge in [0.1, 0.15) is 11.4 Å². The minimum Gasteiger partial charge on any atom is -0.494 e. The van der Waals surface area contributed by atoms with E-state index in [0.29, 0.717) is 17.8 Å². The molecule has 0 saturated carbocycles. The minimum absolute atomic E-state index is 0.266. The van der Waals surface area contributed by atoms with Gasteiger partial charge in [0.15, 0.2) is 5.82 Å². The van der Waals surface area contributed by atoms with Gasteiger partial charge in [-0.1, -0.05) is 18.2 Å². The maximum Gasteiger partial charge on any atom is 0.349 e. The maximum absolute atomic E-state index is 12.6. The molecule has 2 aliphatic heterocycles. The summed E-state index contributed by atoms with van der Waals surface area (Å²) in [6.07, 6.45) is 0. The minimum atomic E-state index is -0.695. The van der Waals surface area contributed by atoms with Crippen LogP contribution in [-0.2, 0) is 0 Å². The topological polar surface area (TPSA) is 94.8 Å². The number of hydrogen-bond acceptors (Lipinski definition) is 5. The Morgan fingerprint density at radius 1 is 1.00 bits per heavy atom. The highest BCUT2D eigenvalue weighted by atomic mass is 16.5. The molecule has 8 heteroatoms. The lowest BCUT2D eigenvalue weighted by Crippen LogP contribution is -2.27. The van der Waals surface area contributed by atoms with E-state index in [1.54, 1.807) is 15.3 Å². The molecule has 0 bridgehead atoms. The van der Waals surface area contributed by atoms with Crippen LogP contribution in [0, 0.1) is 6.92 Å². The van der Waals surface area contributed by atoms with Gasteiger partial charge < -0.3 is 4.74 Å². The molecular weight excluding hydrogens is 394 g/mol. The fraction of sp³-hybridized carbons (Fsp3) is 0.130. The second-order valence-corrected chi connectivity index (χ2v) is 7.09. The van der Waals surface area contributed by atoms with E-state index in [9.17, 15) is 9.59 Å². The van der Waals surface area contributed by atoms with Gasteiger partial charge in [-0.3, -0.25) is 14.3 Å². The fourth-order valence-electron chi connectivity index (χ4n) is 3.76. The van der Waals surface area contributed by atoms with Crippen molar-refractivity contribution in [3.05, 3.63) is 87.2 Å². The molecule has 3 heterocycles. The molecule has 0 radical (unpaired) electrons. The fourth-order valence-corrected chi connectivity index (χ4v) is 3.76. The van der Waals surface area contributed by atoms with Crippen LogP contribution in [0.5, 0.6) is 5.75 Å². The molecular formula is C23H19N5O3. The van der Waals surface area contributed by atoms with Crippen molar-refractivity contribution < 1.29 is 4.74 Å². The summed E-state index contributed by atoms with van der Waals surface area (Å²) in [5, 5.41) is 5.51. The molecule has 1 aromatic heterocycles. The zero-order valence-corrected chi connectivity index (χ0v) is 17.0. The Labute approximate surface area is 176 Å². The third kappa shape index (κ3) is 3.09. The molecule has 0 fully saturated rings. The van der Waals surface area contributed by atoms with Gasteiger partial charge in [-0.15, -0.1) is 0 Å². The number of nitrogens with zero attached hydrogens (tertiary/aromatic N) is 4. The number of nitrogens with one attached hydrogen (secondary N) is 1. The van der Waals surface area contributed by atoms with Crippen LogP contribution in [0.4, 0.5) is 0 Å². The molecule has 3 aromatic rings. The van der Waals surface area contributed by atoms with Gasteiger partial charge in [-0.05, 0) is 56.3 Å². The number of fused-ring (bicyclic) bond motifs is 2. The molecule has 5 rings (SSSR count). The van der Waals surface area contributed by atoms with Gasteiger partial charge in [0.05, 0.1) is 23.6 Å². The van der Waals surface area contributed by atoms with Crippen LogP contribution < -0.4 is 16.0 Å². The van der Waals surface area contributed by atoms with Crippen molar-refractivity contribution in [2.45, 2.75) is 13.8 Å². The second-order valence-electron chi connectivity index (χ2n) is 7.09. The van der Waals surface area contributed by atoms with Gasteiger partial charge in [-0.25, -0.2) is 9.48 Å². The summed E-state index contributed by atoms with van der Waals surface area (Å²) in [6.45, 7) is 4.37. The van der Waals surface area contributed by atoms with Crippen LogP contribution in [0.25, 0.3) is 33.8 Å². The van der Waals surface area contributed by atoms with Crippen LogP contribution >= 0.6 is 0 Å². The Balaban J connectivity index is 1.93. The first-order chi connectivity index (χ1) is 15.1. The van der Waals surface area contributed by atoms with E-state index in [4.69, 9.17) is 9.84 Å². The Hall–Kier alpha value is -4.20. The average Bonchev–Trinajstić information content (AvgIpc) is 3.10. The molecule has 154 valence electrons. The number of hydrogen-bond donors (Lipinski definition) is 1. The molecule has 1 N–H and O–H groups in total. The van der Waals surface area contributed by atoms with Crippen LogP contribution in [-0.4, -0.2) is 30.9 Å². The van der Waals surface area contributed by atoms with E-state index in [2.05, 4.69) is 9.97 Å². The predicted octanol–water partition coefficient (Wildman–Crippen LogP) is 3.07. The number of benzene rings is 2. The third-order valence-corrected chi connectivity index (χ3v) is 5.11. The van der Waals surface area contributed by atoms with Gasteiger partial charge >= 0.3 is 5.69 Å². The Morgan fingerprint density at radius 3 is 2.45 bits per heavy atom. The van der Waals surface area contributed by atoms with Crippen molar-refractivity contribution in [3.8, 4) is 28.5 Å². The zero-order chi connectivity index (χ0) is 21.5. The highest BCUT2D eigenvalue weighted by molar-refractivity contribution is 5.88. The molecule has 0 aliphatic carbocycles. The first-order valence-electron chi connectivity index (χ1n) is 9.91. The van der Waals surface area contributed by atoms with Gasteiger partial charge in [0.2, 0.25) is 0 Å². The lowest BCUT2D eigenvalue weighted by Gasteiger charge is -2.17. The molecule has 31 heavy (non-hydrogen) atoms. The smallest absolute Gasteiger partial charge is 0.349 e. The number of rotatable bonds is 4. The largest absolute Gasteiger partial charge is 0.494 e. The molecule has 0 amide bonds. The van der Waals surface area contributed by atoms with Crippen LogP contribution in [0.2, 0.25) is 0 Å². The number of pyridine rings is 1. The highest BCUT2D eigenvalue weighted by Crippen LogP contribution is 2.31. The van der Waals surface area contributed by atoms with Crippen molar-refractivity contribution in [1.82, 2.24) is 24.3 Å². The van der Waals surface area contributed by atoms with E-state index in [1.807, 2.05) is 68.4 Å². The second kappa shape index (κ2) is 7.24. The van der Waals surface area contributed by atoms with Gasteiger partial charge in [0, 0.05) is 11.1 Å². The number of aryl methyl sites for hydroxylation is 1. The normalized spacial score (nSPS) is 11.3. The van der Waals surface area contributed by atoms with Crippen LogP contribution in [0.1, 0.15) is 12.6 Å². The van der Waals surface area contributed by atoms with Crippen molar-refractivity contribution in [2.75, 3.05) is 6.61 Å². The maximum atomic E-state index is 12.6. The standard InChI is InChI=1S/C23H19N5O3/c1-3-31-17-11-9-15(10-12-17)27-20-19(21(29)25-23(30)24-20)13-18-14(2)26-28(22(18)27)16-7-5-4-6-8-16/h4-13H,3H2,1-2H3,(H,25,29,30). The summed E-state index contributed by atoms with van der Waals surface area (Å²) in [5.41, 5.74) is 2.18. The molecule has 2 aromatic carbocycles. The van der Waals surface area contributed by atoms with E-state index in [-0.39, 0.29) is 5.82 Å². The molecule has 8 nitrogen and oxygen atoms in total. The first kappa shape index (κ1) is 18.8. The monoisotopic (exact) mass is 413 g/mol. The van der Waals surface area contributed by atoms with Crippen molar-refractivity contribution in [2.24, 2.45) is 0 Å². The van der Waals surface area contributed by atoms with Crippen LogP contribution in [0.3, 0.4) is 0 Å². The molecule has 0 saturated heterocycles. The summed E-state index contributed by atoms with van der Waals surface area (Å²) in [5.74, 6) is 0.994. The number of ether oxygens (including phenoxy) is 1. The highest BCUT2D eigenvalue weighted by Gasteiger charge is 2.23. The quantitative estimate of drug-likeness (QED) is 0.489. The van der Waals surface area contributed by atoms with Gasteiger partial charge in [0.25, 0.3) is 5.56 Å². The average molecular weight is 413 g/mol. The third-order valence-electron chi connectivity index (χ3n) is 5.11. The first-order valence-corrected chi connectivity index (χ1v) is 9.91. The molecule has 0 unspecified atom stereocenters. The van der Waals surface area contributed by atoms with E-state index in [0.717, 1.165) is 28.2 Å². The summed E-state index contributed by atoms with van der Waals surface area (Å²) < 4.78 is 9.15. The number of aromatic nitrogens is 5. The summed E-state index contributed by atoms with van der Waals surface area (Å²) in [4.78, 5) is 31.1. The van der Waals surface area contributed by atoms with E-state index < -0.39 is 11.2 Å². The summed E-state index contributed by atoms with van der Waals surface area (Å²) in [6, 6.07) is 18.9.